The molecule has 0 aliphatic heterocycles. The van der Waals surface area contributed by atoms with Crippen molar-refractivity contribution in [1.29, 1.82) is 0 Å². The number of carbonyl (C=O) groups excluding carboxylic acids is 1. The first-order valence-electron chi connectivity index (χ1n) is 3.97. The number of rotatable bonds is 3. The third kappa shape index (κ3) is 2.19. The van der Waals surface area contributed by atoms with Crippen LogP contribution in [0.3, 0.4) is 0 Å². The van der Waals surface area contributed by atoms with E-state index < -0.39 is 0 Å². The molecule has 0 radical (unpaired) electrons. The third-order valence-corrected chi connectivity index (χ3v) is 2.70. The summed E-state index contributed by atoms with van der Waals surface area (Å²) >= 11 is 3.45. The number of hydrogen-bond donors (Lipinski definition) is 0. The van der Waals surface area contributed by atoms with E-state index >= 15 is 0 Å². The Morgan fingerprint density at radius 2 is 2.45 bits per heavy atom. The van der Waals surface area contributed by atoms with Gasteiger partial charge in [0.05, 0.1) is 12.5 Å². The second-order valence-electron chi connectivity index (χ2n) is 2.94. The van der Waals surface area contributed by atoms with Crippen molar-refractivity contribution < 1.29 is 9.53 Å². The normalized spacial score (nSPS) is 31.2. The van der Waals surface area contributed by atoms with Crippen LogP contribution in [0.25, 0.3) is 0 Å². The third-order valence-electron chi connectivity index (χ3n) is 2.02. The summed E-state index contributed by atoms with van der Waals surface area (Å²) in [4.78, 5) is 11.5. The van der Waals surface area contributed by atoms with Crippen molar-refractivity contribution in [2.24, 2.45) is 11.8 Å². The van der Waals surface area contributed by atoms with Crippen LogP contribution in [-0.4, -0.2) is 17.4 Å². The molecule has 0 amide bonds. The molecule has 0 aromatic carbocycles. The molecule has 1 aliphatic rings. The SMILES string of the molecule is CCOC(=O)C1CC1C(C)Br. The zero-order chi connectivity index (χ0) is 8.43. The molecule has 0 saturated heterocycles. The van der Waals surface area contributed by atoms with Gasteiger partial charge in [0.1, 0.15) is 0 Å². The summed E-state index contributed by atoms with van der Waals surface area (Å²) in [6.07, 6.45) is 0.991. The van der Waals surface area contributed by atoms with Crippen molar-refractivity contribution in [3.63, 3.8) is 0 Å². The smallest absolute Gasteiger partial charge is 0.309 e. The fraction of sp³-hybridized carbons (Fsp3) is 0.875. The van der Waals surface area contributed by atoms with Gasteiger partial charge in [-0.25, -0.2) is 0 Å². The van der Waals surface area contributed by atoms with Gasteiger partial charge in [0.2, 0.25) is 0 Å². The zero-order valence-electron chi connectivity index (χ0n) is 6.84. The van der Waals surface area contributed by atoms with E-state index in [1.54, 1.807) is 0 Å². The lowest BCUT2D eigenvalue weighted by Crippen LogP contribution is -2.09. The highest BCUT2D eigenvalue weighted by Crippen LogP contribution is 2.44. The topological polar surface area (TPSA) is 26.3 Å². The Morgan fingerprint density at radius 3 is 2.82 bits per heavy atom. The molecular weight excluding hydrogens is 208 g/mol. The Kier molecular flexibility index (Phi) is 2.93. The summed E-state index contributed by atoms with van der Waals surface area (Å²) in [6, 6.07) is 0. The number of alkyl halides is 1. The van der Waals surface area contributed by atoms with Crippen molar-refractivity contribution >= 4 is 21.9 Å². The molecule has 1 rings (SSSR count). The molecule has 3 atom stereocenters. The van der Waals surface area contributed by atoms with Crippen molar-refractivity contribution in [1.82, 2.24) is 0 Å². The monoisotopic (exact) mass is 220 g/mol. The van der Waals surface area contributed by atoms with Gasteiger partial charge in [-0.2, -0.15) is 0 Å². The van der Waals surface area contributed by atoms with Crippen LogP contribution in [0.2, 0.25) is 0 Å². The van der Waals surface area contributed by atoms with Crippen LogP contribution in [0.4, 0.5) is 0 Å². The number of esters is 1. The predicted molar refractivity (Wildman–Crippen MR) is 46.6 cm³/mol. The molecule has 3 heteroatoms. The average molecular weight is 221 g/mol. The highest BCUT2D eigenvalue weighted by Gasteiger charge is 2.46. The van der Waals surface area contributed by atoms with E-state index in [1.807, 2.05) is 6.92 Å². The average Bonchev–Trinajstić information content (AvgIpc) is 2.65. The van der Waals surface area contributed by atoms with Crippen LogP contribution in [0, 0.1) is 11.8 Å². The van der Waals surface area contributed by atoms with Crippen LogP contribution in [0.1, 0.15) is 20.3 Å². The second-order valence-corrected chi connectivity index (χ2v) is 4.38. The summed E-state index contributed by atoms with van der Waals surface area (Å²) < 4.78 is 4.89. The van der Waals surface area contributed by atoms with Gasteiger partial charge in [-0.3, -0.25) is 4.79 Å². The molecule has 0 aromatic heterocycles. The van der Waals surface area contributed by atoms with Gasteiger partial charge >= 0.3 is 5.97 Å². The van der Waals surface area contributed by atoms with E-state index in [2.05, 4.69) is 22.9 Å². The lowest BCUT2D eigenvalue weighted by Gasteiger charge is -2.01. The molecule has 3 unspecified atom stereocenters. The van der Waals surface area contributed by atoms with Gasteiger partial charge in [0, 0.05) is 4.83 Å². The van der Waals surface area contributed by atoms with E-state index in [0.29, 0.717) is 17.4 Å². The molecule has 0 heterocycles. The largest absolute Gasteiger partial charge is 0.466 e. The van der Waals surface area contributed by atoms with Gasteiger partial charge in [-0.1, -0.05) is 22.9 Å². The first-order valence-corrected chi connectivity index (χ1v) is 4.89. The standard InChI is InChI=1S/C8H13BrO2/c1-3-11-8(10)7-4-6(7)5(2)9/h5-7H,3-4H2,1-2H3. The van der Waals surface area contributed by atoms with Crippen LogP contribution in [0.5, 0.6) is 0 Å². The van der Waals surface area contributed by atoms with E-state index in [1.165, 1.54) is 0 Å². The molecule has 1 saturated carbocycles. The van der Waals surface area contributed by atoms with Crippen LogP contribution < -0.4 is 0 Å². The van der Waals surface area contributed by atoms with Crippen LogP contribution in [0.15, 0.2) is 0 Å². The fourth-order valence-corrected chi connectivity index (χ4v) is 1.83. The summed E-state index contributed by atoms with van der Waals surface area (Å²) in [5, 5.41) is 0. The Labute approximate surface area is 75.4 Å². The molecule has 2 nitrogen and oxygen atoms in total. The summed E-state index contributed by atoms with van der Waals surface area (Å²) in [5.41, 5.74) is 0. The summed E-state index contributed by atoms with van der Waals surface area (Å²) in [6.45, 7) is 4.41. The van der Waals surface area contributed by atoms with Gasteiger partial charge in [0.25, 0.3) is 0 Å². The van der Waals surface area contributed by atoms with Gasteiger partial charge in [-0.15, -0.1) is 0 Å². The lowest BCUT2D eigenvalue weighted by molar-refractivity contribution is -0.145. The maximum atomic E-state index is 11.1. The second kappa shape index (κ2) is 3.57. The van der Waals surface area contributed by atoms with Crippen molar-refractivity contribution in [2.75, 3.05) is 6.61 Å². The highest BCUT2D eigenvalue weighted by molar-refractivity contribution is 9.09. The Bertz CT molecular complexity index is 156. The minimum Gasteiger partial charge on any atom is -0.466 e. The summed E-state index contributed by atoms with van der Waals surface area (Å²) in [7, 11) is 0. The molecule has 64 valence electrons. The van der Waals surface area contributed by atoms with Gasteiger partial charge in [0.15, 0.2) is 0 Å². The maximum Gasteiger partial charge on any atom is 0.309 e. The number of carbonyl (C=O) groups is 1. The van der Waals surface area contributed by atoms with Crippen molar-refractivity contribution in [3.8, 4) is 0 Å². The number of halogens is 1. The predicted octanol–water partition coefficient (Wildman–Crippen LogP) is 1.97. The van der Waals surface area contributed by atoms with Crippen molar-refractivity contribution in [3.05, 3.63) is 0 Å². The first kappa shape index (κ1) is 9.04. The minimum absolute atomic E-state index is 0.0243. The fourth-order valence-electron chi connectivity index (χ4n) is 1.24. The van der Waals surface area contributed by atoms with Gasteiger partial charge < -0.3 is 4.74 Å². The molecular formula is C8H13BrO2. The van der Waals surface area contributed by atoms with Crippen LogP contribution in [-0.2, 0) is 9.53 Å². The summed E-state index contributed by atoms with van der Waals surface area (Å²) in [5.74, 6) is 0.655. The molecule has 11 heavy (non-hydrogen) atoms. The molecule has 1 aliphatic carbocycles. The Hall–Kier alpha value is -0.0500. The highest BCUT2D eigenvalue weighted by atomic mass is 79.9. The minimum atomic E-state index is -0.0243. The number of ether oxygens (including phenoxy) is 1. The van der Waals surface area contributed by atoms with E-state index in [0.717, 1.165) is 6.42 Å². The number of hydrogen-bond acceptors (Lipinski definition) is 2. The molecule has 0 spiro atoms. The maximum absolute atomic E-state index is 11.1. The van der Waals surface area contributed by atoms with E-state index in [-0.39, 0.29) is 11.9 Å². The molecule has 1 fully saturated rings. The lowest BCUT2D eigenvalue weighted by atomic mass is 10.2. The molecule has 0 N–H and O–H groups in total. The zero-order valence-corrected chi connectivity index (χ0v) is 8.43. The molecule has 0 aromatic rings. The first-order chi connectivity index (χ1) is 5.16. The van der Waals surface area contributed by atoms with Crippen LogP contribution >= 0.6 is 15.9 Å². The quantitative estimate of drug-likeness (QED) is 0.538. The molecule has 0 bridgehead atoms. The van der Waals surface area contributed by atoms with E-state index in [9.17, 15) is 4.79 Å². The van der Waals surface area contributed by atoms with Gasteiger partial charge in [-0.05, 0) is 19.3 Å². The van der Waals surface area contributed by atoms with Crippen molar-refractivity contribution in [2.45, 2.75) is 25.1 Å². The Balaban J connectivity index is 2.26. The van der Waals surface area contributed by atoms with E-state index in [4.69, 9.17) is 4.74 Å². The Morgan fingerprint density at radius 1 is 1.82 bits per heavy atom.